The van der Waals surface area contributed by atoms with Gasteiger partial charge in [0.25, 0.3) is 0 Å². The molecule has 0 aliphatic rings. The molecule has 2 aromatic carbocycles. The van der Waals surface area contributed by atoms with Gasteiger partial charge in [0.1, 0.15) is 24.9 Å². The number of likely N-dealkylation sites (N-methyl/N-ethyl adjacent to an activating group) is 1. The Labute approximate surface area is 205 Å². The predicted molar refractivity (Wildman–Crippen MR) is 128 cm³/mol. The first-order valence-electron chi connectivity index (χ1n) is 11.2. The van der Waals surface area contributed by atoms with Crippen molar-refractivity contribution in [3.8, 4) is 0 Å². The van der Waals surface area contributed by atoms with E-state index in [2.05, 4.69) is 10.6 Å². The zero-order valence-corrected chi connectivity index (χ0v) is 20.5. The third-order valence-corrected chi connectivity index (χ3v) is 4.64. The summed E-state index contributed by atoms with van der Waals surface area (Å²) >= 11 is 0. The van der Waals surface area contributed by atoms with Crippen molar-refractivity contribution in [3.63, 3.8) is 0 Å². The zero-order valence-electron chi connectivity index (χ0n) is 20.5. The highest BCUT2D eigenvalue weighted by Gasteiger charge is 2.28. The summed E-state index contributed by atoms with van der Waals surface area (Å²) in [7, 11) is 1.56. The summed E-state index contributed by atoms with van der Waals surface area (Å²) in [5.41, 5.74) is 1.50. The van der Waals surface area contributed by atoms with E-state index in [1.807, 2.05) is 18.2 Å². The normalized spacial score (nSPS) is 11.7. The largest absolute Gasteiger partial charge is 0.461 e. The fraction of sp³-hybridized carbons (Fsp3) is 0.385. The van der Waals surface area contributed by atoms with Crippen molar-refractivity contribution in [2.24, 2.45) is 0 Å². The van der Waals surface area contributed by atoms with Gasteiger partial charge in [0.2, 0.25) is 5.91 Å². The van der Waals surface area contributed by atoms with Gasteiger partial charge in [-0.1, -0.05) is 54.6 Å². The summed E-state index contributed by atoms with van der Waals surface area (Å²) in [6, 6.07) is 14.8. The van der Waals surface area contributed by atoms with Gasteiger partial charge in [-0.2, -0.15) is 0 Å². The van der Waals surface area contributed by atoms with Crippen molar-refractivity contribution in [1.82, 2.24) is 10.6 Å². The van der Waals surface area contributed by atoms with E-state index in [0.717, 1.165) is 11.1 Å². The first-order chi connectivity index (χ1) is 16.6. The lowest BCUT2D eigenvalue weighted by Gasteiger charge is -2.22. The van der Waals surface area contributed by atoms with Gasteiger partial charge < -0.3 is 24.8 Å². The molecule has 0 heterocycles. The van der Waals surface area contributed by atoms with Gasteiger partial charge in [-0.15, -0.1) is 0 Å². The molecular formula is C26H32N2O7. The van der Waals surface area contributed by atoms with E-state index in [-0.39, 0.29) is 25.5 Å². The molecule has 188 valence electrons. The van der Waals surface area contributed by atoms with Crippen LogP contribution in [-0.2, 0) is 48.2 Å². The van der Waals surface area contributed by atoms with Gasteiger partial charge >= 0.3 is 18.0 Å². The molecule has 9 heteroatoms. The molecule has 0 aromatic heterocycles. The molecule has 0 bridgehead atoms. The van der Waals surface area contributed by atoms with Crippen molar-refractivity contribution in [2.75, 3.05) is 7.05 Å². The fourth-order valence-corrected chi connectivity index (χ4v) is 2.89. The summed E-state index contributed by atoms with van der Waals surface area (Å²) in [5.74, 6) is -1.59. The van der Waals surface area contributed by atoms with Crippen LogP contribution >= 0.6 is 0 Å². The minimum atomic E-state index is -1.29. The number of carbonyl (C=O) groups is 4. The Bertz CT molecular complexity index is 999. The molecule has 0 unspecified atom stereocenters. The highest BCUT2D eigenvalue weighted by molar-refractivity contribution is 5.86. The van der Waals surface area contributed by atoms with Crippen LogP contribution in [0.1, 0.15) is 43.9 Å². The van der Waals surface area contributed by atoms with E-state index in [4.69, 9.17) is 14.2 Å². The van der Waals surface area contributed by atoms with Crippen LogP contribution in [0.25, 0.3) is 0 Å². The average Bonchev–Trinajstić information content (AvgIpc) is 2.81. The Morgan fingerprint density at radius 3 is 2.00 bits per heavy atom. The van der Waals surface area contributed by atoms with Crippen LogP contribution in [0.4, 0.5) is 4.79 Å². The summed E-state index contributed by atoms with van der Waals surface area (Å²) in [6.45, 7) is 5.01. The monoisotopic (exact) mass is 484 g/mol. The molecule has 35 heavy (non-hydrogen) atoms. The number of ether oxygens (including phenoxy) is 3. The van der Waals surface area contributed by atoms with Gasteiger partial charge in [0, 0.05) is 7.05 Å². The number of rotatable bonds is 10. The second kappa shape index (κ2) is 13.1. The Morgan fingerprint density at radius 2 is 1.40 bits per heavy atom. The molecule has 2 amide bonds. The number of amides is 2. The maximum absolute atomic E-state index is 12.7. The lowest BCUT2D eigenvalue weighted by molar-refractivity contribution is -0.154. The molecule has 9 nitrogen and oxygen atoms in total. The second-order valence-corrected chi connectivity index (χ2v) is 8.82. The van der Waals surface area contributed by atoms with E-state index < -0.39 is 36.1 Å². The number of alkyl carbamates (subject to hydrolysis) is 1. The number of hydrogen-bond acceptors (Lipinski definition) is 7. The molecule has 0 fully saturated rings. The van der Waals surface area contributed by atoms with E-state index in [0.29, 0.717) is 5.56 Å². The van der Waals surface area contributed by atoms with Crippen LogP contribution < -0.4 is 10.6 Å². The molecule has 1 atom stereocenters. The molecule has 2 aromatic rings. The van der Waals surface area contributed by atoms with Gasteiger partial charge in [-0.05, 0) is 37.5 Å². The quantitative estimate of drug-likeness (QED) is 0.393. The molecule has 0 aliphatic heterocycles. The minimum absolute atomic E-state index is 0.0380. The zero-order chi connectivity index (χ0) is 25.8. The number of nitrogens with one attached hydrogen (secondary N) is 2. The first-order valence-corrected chi connectivity index (χ1v) is 11.2. The van der Waals surface area contributed by atoms with Crippen molar-refractivity contribution >= 4 is 23.9 Å². The van der Waals surface area contributed by atoms with E-state index in [1.165, 1.54) is 0 Å². The third-order valence-electron chi connectivity index (χ3n) is 4.64. The van der Waals surface area contributed by atoms with Crippen molar-refractivity contribution in [1.29, 1.82) is 0 Å². The molecule has 0 saturated heterocycles. The number of hydrogen-bond donors (Lipinski definition) is 2. The summed E-state index contributed by atoms with van der Waals surface area (Å²) in [5, 5.41) is 4.95. The van der Waals surface area contributed by atoms with Crippen molar-refractivity contribution < 1.29 is 33.4 Å². The maximum Gasteiger partial charge on any atom is 0.408 e. The Balaban J connectivity index is 1.98. The van der Waals surface area contributed by atoms with Crippen LogP contribution in [0.5, 0.6) is 0 Å². The SMILES string of the molecule is CNC(=O)Cc1ccc(COC(=O)[C@H](CC(=O)OCc2ccccc2)NC(=O)OC(C)(C)C)cc1. The first kappa shape index (κ1) is 27.4. The second-order valence-electron chi connectivity index (χ2n) is 8.82. The molecule has 0 spiro atoms. The lowest BCUT2D eigenvalue weighted by atomic mass is 10.1. The smallest absolute Gasteiger partial charge is 0.408 e. The highest BCUT2D eigenvalue weighted by Crippen LogP contribution is 2.11. The summed E-state index contributed by atoms with van der Waals surface area (Å²) in [6.07, 6.45) is -1.03. The molecular weight excluding hydrogens is 452 g/mol. The molecule has 2 N–H and O–H groups in total. The Hall–Kier alpha value is -3.88. The number of esters is 2. The maximum atomic E-state index is 12.7. The average molecular weight is 485 g/mol. The third kappa shape index (κ3) is 10.7. The number of benzene rings is 2. The molecule has 0 radical (unpaired) electrons. The highest BCUT2D eigenvalue weighted by atomic mass is 16.6. The van der Waals surface area contributed by atoms with Crippen LogP contribution in [0.3, 0.4) is 0 Å². The van der Waals surface area contributed by atoms with Crippen molar-refractivity contribution in [2.45, 2.75) is 58.5 Å². The summed E-state index contributed by atoms with van der Waals surface area (Å²) < 4.78 is 15.8. The van der Waals surface area contributed by atoms with Crippen molar-refractivity contribution in [3.05, 3.63) is 71.3 Å². The molecule has 0 aliphatic carbocycles. The standard InChI is InChI=1S/C26H32N2O7/c1-26(2,3)35-25(32)28-21(15-23(30)33-16-19-8-6-5-7-9-19)24(31)34-17-20-12-10-18(11-13-20)14-22(29)27-4/h5-13,21H,14-17H2,1-4H3,(H,27,29)(H,28,32)/t21-/m0/s1. The van der Waals surface area contributed by atoms with Gasteiger partial charge in [0.15, 0.2) is 0 Å². The van der Waals surface area contributed by atoms with E-state index >= 15 is 0 Å². The minimum Gasteiger partial charge on any atom is -0.461 e. The van der Waals surface area contributed by atoms with E-state index in [1.54, 1.807) is 64.2 Å². The predicted octanol–water partition coefficient (Wildman–Crippen LogP) is 3.05. The van der Waals surface area contributed by atoms with Gasteiger partial charge in [-0.3, -0.25) is 9.59 Å². The summed E-state index contributed by atoms with van der Waals surface area (Å²) in [4.78, 5) is 48.8. The van der Waals surface area contributed by atoms with Gasteiger partial charge in [-0.25, -0.2) is 9.59 Å². The lowest BCUT2D eigenvalue weighted by Crippen LogP contribution is -2.45. The molecule has 0 saturated carbocycles. The van der Waals surface area contributed by atoms with Crippen LogP contribution in [0, 0.1) is 0 Å². The van der Waals surface area contributed by atoms with Crippen LogP contribution in [0.2, 0.25) is 0 Å². The molecule has 2 rings (SSSR count). The van der Waals surface area contributed by atoms with Crippen LogP contribution in [-0.4, -0.2) is 42.6 Å². The van der Waals surface area contributed by atoms with E-state index in [9.17, 15) is 19.2 Å². The number of carbonyl (C=O) groups excluding carboxylic acids is 4. The Morgan fingerprint density at radius 1 is 0.829 bits per heavy atom. The fourth-order valence-electron chi connectivity index (χ4n) is 2.89. The van der Waals surface area contributed by atoms with Crippen LogP contribution in [0.15, 0.2) is 54.6 Å². The van der Waals surface area contributed by atoms with Gasteiger partial charge in [0.05, 0.1) is 12.8 Å². The Kier molecular flexibility index (Phi) is 10.3. The topological polar surface area (TPSA) is 120 Å².